The van der Waals surface area contributed by atoms with E-state index in [2.05, 4.69) is 20.9 Å². The largest absolute Gasteiger partial charge is 0.298 e. The molecule has 0 saturated carbocycles. The van der Waals surface area contributed by atoms with Crippen molar-refractivity contribution in [1.82, 2.24) is 4.98 Å². The number of carbonyl (C=O) groups excluding carboxylic acids is 1. The number of aldehydes is 1. The third kappa shape index (κ3) is 2.01. The minimum absolute atomic E-state index is 0.261. The van der Waals surface area contributed by atoms with E-state index in [9.17, 15) is 4.79 Å². The van der Waals surface area contributed by atoms with Crippen molar-refractivity contribution in [1.29, 1.82) is 0 Å². The van der Waals surface area contributed by atoms with E-state index in [0.29, 0.717) is 17.2 Å². The standard InChI is InChI=1S/C7H5BrClNO/c8-3-6-2-1-5(4-11)7(9)10-6/h1-2,4H,3H2. The van der Waals surface area contributed by atoms with Crippen LogP contribution in [0.2, 0.25) is 5.15 Å². The van der Waals surface area contributed by atoms with Crippen LogP contribution >= 0.6 is 27.5 Å². The molecule has 0 aliphatic rings. The van der Waals surface area contributed by atoms with Crippen molar-refractivity contribution in [2.75, 3.05) is 0 Å². The van der Waals surface area contributed by atoms with Crippen LogP contribution in [0.1, 0.15) is 16.1 Å². The lowest BCUT2D eigenvalue weighted by molar-refractivity contribution is 0.112. The van der Waals surface area contributed by atoms with Crippen molar-refractivity contribution in [3.05, 3.63) is 28.5 Å². The Kier molecular flexibility index (Phi) is 3.02. The maximum absolute atomic E-state index is 10.3. The van der Waals surface area contributed by atoms with Gasteiger partial charge in [-0.2, -0.15) is 0 Å². The average molecular weight is 234 g/mol. The van der Waals surface area contributed by atoms with Gasteiger partial charge in [-0.25, -0.2) is 4.98 Å². The molecule has 4 heteroatoms. The van der Waals surface area contributed by atoms with Crippen LogP contribution in [0.3, 0.4) is 0 Å². The van der Waals surface area contributed by atoms with Gasteiger partial charge in [0.25, 0.3) is 0 Å². The van der Waals surface area contributed by atoms with Crippen molar-refractivity contribution in [3.63, 3.8) is 0 Å². The molecule has 2 nitrogen and oxygen atoms in total. The number of carbonyl (C=O) groups is 1. The second-order valence-corrected chi connectivity index (χ2v) is 2.85. The Labute approximate surface area is 77.7 Å². The monoisotopic (exact) mass is 233 g/mol. The van der Waals surface area contributed by atoms with E-state index < -0.39 is 0 Å². The molecule has 1 aromatic rings. The summed E-state index contributed by atoms with van der Waals surface area (Å²) in [4.78, 5) is 14.2. The molecule has 1 rings (SSSR count). The van der Waals surface area contributed by atoms with Gasteiger partial charge in [0.1, 0.15) is 5.15 Å². The van der Waals surface area contributed by atoms with Crippen LogP contribution in [-0.2, 0) is 5.33 Å². The summed E-state index contributed by atoms with van der Waals surface area (Å²) in [5, 5.41) is 0.906. The quantitative estimate of drug-likeness (QED) is 0.447. The summed E-state index contributed by atoms with van der Waals surface area (Å²) in [5.74, 6) is 0. The van der Waals surface area contributed by atoms with Crippen LogP contribution in [0.25, 0.3) is 0 Å². The summed E-state index contributed by atoms with van der Waals surface area (Å²) < 4.78 is 0. The van der Waals surface area contributed by atoms with Crippen molar-refractivity contribution >= 4 is 33.8 Å². The highest BCUT2D eigenvalue weighted by Crippen LogP contribution is 2.12. The van der Waals surface area contributed by atoms with Crippen LogP contribution in [0.5, 0.6) is 0 Å². The first-order valence-corrected chi connectivity index (χ1v) is 4.44. The van der Waals surface area contributed by atoms with Gasteiger partial charge < -0.3 is 0 Å². The molecule has 0 amide bonds. The summed E-state index contributed by atoms with van der Waals surface area (Å²) >= 11 is 8.87. The van der Waals surface area contributed by atoms with E-state index in [1.165, 1.54) is 0 Å². The number of hydrogen-bond acceptors (Lipinski definition) is 2. The molecule has 1 aromatic heterocycles. The van der Waals surface area contributed by atoms with Crippen molar-refractivity contribution < 1.29 is 4.79 Å². The highest BCUT2D eigenvalue weighted by molar-refractivity contribution is 9.08. The maximum Gasteiger partial charge on any atom is 0.153 e. The predicted octanol–water partition coefficient (Wildman–Crippen LogP) is 2.44. The van der Waals surface area contributed by atoms with E-state index in [1.807, 2.05) is 0 Å². The Bertz CT molecular complexity index is 277. The summed E-state index contributed by atoms with van der Waals surface area (Å²) in [6, 6.07) is 3.41. The molecule has 11 heavy (non-hydrogen) atoms. The highest BCUT2D eigenvalue weighted by Gasteiger charge is 2.00. The molecular formula is C7H5BrClNO. The molecule has 0 aliphatic heterocycles. The molecule has 1 heterocycles. The van der Waals surface area contributed by atoms with Crippen LogP contribution < -0.4 is 0 Å². The van der Waals surface area contributed by atoms with E-state index >= 15 is 0 Å². The smallest absolute Gasteiger partial charge is 0.153 e. The van der Waals surface area contributed by atoms with E-state index in [-0.39, 0.29) is 5.15 Å². The summed E-state index contributed by atoms with van der Waals surface area (Å²) in [6.45, 7) is 0. The van der Waals surface area contributed by atoms with Gasteiger partial charge in [-0.05, 0) is 12.1 Å². The minimum atomic E-state index is 0.261. The zero-order valence-electron chi connectivity index (χ0n) is 5.55. The zero-order chi connectivity index (χ0) is 8.27. The number of rotatable bonds is 2. The summed E-state index contributed by atoms with van der Waals surface area (Å²) in [5.41, 5.74) is 1.25. The van der Waals surface area contributed by atoms with Gasteiger partial charge in [0.2, 0.25) is 0 Å². The topological polar surface area (TPSA) is 30.0 Å². The van der Waals surface area contributed by atoms with Gasteiger partial charge >= 0.3 is 0 Å². The van der Waals surface area contributed by atoms with Crippen LogP contribution in [-0.4, -0.2) is 11.3 Å². The zero-order valence-corrected chi connectivity index (χ0v) is 7.89. The molecular weight excluding hydrogens is 229 g/mol. The fourth-order valence-electron chi connectivity index (χ4n) is 0.645. The molecule has 0 aliphatic carbocycles. The fourth-order valence-corrected chi connectivity index (χ4v) is 1.17. The average Bonchev–Trinajstić information content (AvgIpc) is 2.04. The molecule has 0 saturated heterocycles. The first-order chi connectivity index (χ1) is 5.27. The van der Waals surface area contributed by atoms with E-state index in [1.54, 1.807) is 12.1 Å². The molecule has 0 unspecified atom stereocenters. The summed E-state index contributed by atoms with van der Waals surface area (Å²) in [7, 11) is 0. The molecule has 0 spiro atoms. The Balaban J connectivity index is 3.09. The van der Waals surface area contributed by atoms with E-state index in [4.69, 9.17) is 11.6 Å². The summed E-state index contributed by atoms with van der Waals surface area (Å²) in [6.07, 6.45) is 0.688. The number of pyridine rings is 1. The molecule has 0 aromatic carbocycles. The fraction of sp³-hybridized carbons (Fsp3) is 0.143. The first-order valence-electron chi connectivity index (χ1n) is 2.94. The Morgan fingerprint density at radius 3 is 2.82 bits per heavy atom. The van der Waals surface area contributed by atoms with Crippen LogP contribution in [0.4, 0.5) is 0 Å². The molecule has 0 N–H and O–H groups in total. The number of nitrogens with zero attached hydrogens (tertiary/aromatic N) is 1. The van der Waals surface area contributed by atoms with Crippen LogP contribution in [0, 0.1) is 0 Å². The normalized spacial score (nSPS) is 9.64. The third-order valence-corrected chi connectivity index (χ3v) is 2.08. The Hall–Kier alpha value is -0.410. The lowest BCUT2D eigenvalue weighted by Crippen LogP contribution is -1.89. The van der Waals surface area contributed by atoms with Gasteiger partial charge in [0.15, 0.2) is 6.29 Å². The Morgan fingerprint density at radius 2 is 2.36 bits per heavy atom. The van der Waals surface area contributed by atoms with Crippen molar-refractivity contribution in [2.24, 2.45) is 0 Å². The van der Waals surface area contributed by atoms with Gasteiger partial charge in [-0.1, -0.05) is 27.5 Å². The predicted molar refractivity (Wildman–Crippen MR) is 47.3 cm³/mol. The minimum Gasteiger partial charge on any atom is -0.298 e. The van der Waals surface area contributed by atoms with E-state index in [0.717, 1.165) is 5.69 Å². The number of hydrogen-bond donors (Lipinski definition) is 0. The number of halogens is 2. The van der Waals surface area contributed by atoms with Gasteiger partial charge in [0, 0.05) is 5.33 Å². The van der Waals surface area contributed by atoms with Gasteiger partial charge in [0.05, 0.1) is 11.3 Å². The second kappa shape index (κ2) is 3.83. The number of aromatic nitrogens is 1. The van der Waals surface area contributed by atoms with Gasteiger partial charge in [-0.15, -0.1) is 0 Å². The lowest BCUT2D eigenvalue weighted by Gasteiger charge is -1.96. The van der Waals surface area contributed by atoms with Crippen molar-refractivity contribution in [2.45, 2.75) is 5.33 Å². The molecule has 0 fully saturated rings. The van der Waals surface area contributed by atoms with Crippen molar-refractivity contribution in [3.8, 4) is 0 Å². The molecule has 0 bridgehead atoms. The molecule has 0 radical (unpaired) electrons. The third-order valence-electron chi connectivity index (χ3n) is 1.20. The first kappa shape index (κ1) is 8.68. The molecule has 0 atom stereocenters. The number of alkyl halides is 1. The lowest BCUT2D eigenvalue weighted by atomic mass is 10.3. The van der Waals surface area contributed by atoms with Gasteiger partial charge in [-0.3, -0.25) is 4.79 Å². The second-order valence-electron chi connectivity index (χ2n) is 1.93. The molecule has 58 valence electrons. The Morgan fingerprint density at radius 1 is 1.64 bits per heavy atom. The highest BCUT2D eigenvalue weighted by atomic mass is 79.9. The van der Waals surface area contributed by atoms with Crippen LogP contribution in [0.15, 0.2) is 12.1 Å². The SMILES string of the molecule is O=Cc1ccc(CBr)nc1Cl. The maximum atomic E-state index is 10.3.